The van der Waals surface area contributed by atoms with E-state index >= 15 is 0 Å². The van der Waals surface area contributed by atoms with Crippen LogP contribution in [0.1, 0.15) is 61.3 Å². The lowest BCUT2D eigenvalue weighted by atomic mass is 9.83. The van der Waals surface area contributed by atoms with Crippen molar-refractivity contribution in [3.05, 3.63) is 10.6 Å². The zero-order valence-electron chi connectivity index (χ0n) is 14.5. The number of hydrogen-bond acceptors (Lipinski definition) is 5. The normalized spacial score (nSPS) is 24.2. The topological polar surface area (TPSA) is 66.4 Å². The Morgan fingerprint density at radius 2 is 2.17 bits per heavy atom. The SMILES string of the molecule is CCCCN1C(=O)CC[C@H]2CN(C(=O)c3snnc3CC)CC[C@H]21. The molecule has 3 heterocycles. The number of amides is 2. The molecule has 0 N–H and O–H groups in total. The molecule has 0 unspecified atom stereocenters. The Hall–Kier alpha value is -1.50. The van der Waals surface area contributed by atoms with E-state index in [0.717, 1.165) is 57.4 Å². The Kier molecular flexibility index (Phi) is 5.48. The standard InChI is InChI=1S/C17H26N4O2S/c1-3-5-9-21-14-8-10-20(11-12(14)6-7-15(21)22)17(23)16-13(4-2)18-19-24-16/h12,14H,3-11H2,1-2H3/t12-,14+/m0/s1. The summed E-state index contributed by atoms with van der Waals surface area (Å²) in [6.07, 6.45) is 5.30. The highest BCUT2D eigenvalue weighted by molar-refractivity contribution is 7.08. The number of carbonyl (C=O) groups excluding carboxylic acids is 2. The van der Waals surface area contributed by atoms with Gasteiger partial charge in [-0.3, -0.25) is 9.59 Å². The van der Waals surface area contributed by atoms with Crippen LogP contribution in [-0.2, 0) is 11.2 Å². The van der Waals surface area contributed by atoms with Gasteiger partial charge in [0.25, 0.3) is 5.91 Å². The summed E-state index contributed by atoms with van der Waals surface area (Å²) in [4.78, 5) is 29.8. The van der Waals surface area contributed by atoms with Crippen molar-refractivity contribution in [1.82, 2.24) is 19.4 Å². The lowest BCUT2D eigenvalue weighted by molar-refractivity contribution is -0.140. The highest BCUT2D eigenvalue weighted by Crippen LogP contribution is 2.32. The van der Waals surface area contributed by atoms with Crippen LogP contribution in [0, 0.1) is 5.92 Å². The van der Waals surface area contributed by atoms with Crippen LogP contribution in [0.25, 0.3) is 0 Å². The number of rotatable bonds is 5. The summed E-state index contributed by atoms with van der Waals surface area (Å²) in [6.45, 7) is 6.49. The Morgan fingerprint density at radius 3 is 2.92 bits per heavy atom. The van der Waals surface area contributed by atoms with Gasteiger partial charge in [-0.1, -0.05) is 24.8 Å². The van der Waals surface area contributed by atoms with E-state index in [0.29, 0.717) is 29.2 Å². The average Bonchev–Trinajstić information content (AvgIpc) is 3.08. The summed E-state index contributed by atoms with van der Waals surface area (Å²) < 4.78 is 3.94. The van der Waals surface area contributed by atoms with E-state index < -0.39 is 0 Å². The second-order valence-corrected chi connectivity index (χ2v) is 7.50. The van der Waals surface area contributed by atoms with Crippen LogP contribution < -0.4 is 0 Å². The molecular formula is C17H26N4O2S. The smallest absolute Gasteiger partial charge is 0.267 e. The predicted molar refractivity (Wildman–Crippen MR) is 92.9 cm³/mol. The van der Waals surface area contributed by atoms with Crippen molar-refractivity contribution in [2.75, 3.05) is 19.6 Å². The molecule has 2 fully saturated rings. The minimum Gasteiger partial charge on any atom is -0.339 e. The van der Waals surface area contributed by atoms with Crippen molar-refractivity contribution >= 4 is 23.3 Å². The maximum atomic E-state index is 12.8. The number of aromatic nitrogens is 2. The second kappa shape index (κ2) is 7.59. The molecule has 1 aromatic heterocycles. The number of unbranched alkanes of at least 4 members (excludes halogenated alkanes) is 1. The molecule has 1 aromatic rings. The van der Waals surface area contributed by atoms with Crippen molar-refractivity contribution in [3.8, 4) is 0 Å². The van der Waals surface area contributed by atoms with Crippen molar-refractivity contribution in [2.24, 2.45) is 5.92 Å². The number of nitrogens with zero attached hydrogens (tertiary/aromatic N) is 4. The van der Waals surface area contributed by atoms with Crippen LogP contribution in [-0.4, -0.2) is 56.9 Å². The third kappa shape index (κ3) is 3.31. The molecule has 0 aromatic carbocycles. The van der Waals surface area contributed by atoms with E-state index in [1.807, 2.05) is 11.8 Å². The quantitative estimate of drug-likeness (QED) is 0.817. The molecule has 132 valence electrons. The Balaban J connectivity index is 1.68. The zero-order chi connectivity index (χ0) is 17.1. The van der Waals surface area contributed by atoms with Gasteiger partial charge in [-0.15, -0.1) is 5.10 Å². The molecular weight excluding hydrogens is 324 g/mol. The summed E-state index contributed by atoms with van der Waals surface area (Å²) in [7, 11) is 0. The van der Waals surface area contributed by atoms with Gasteiger partial charge in [0.1, 0.15) is 4.88 Å². The van der Waals surface area contributed by atoms with Crippen molar-refractivity contribution in [3.63, 3.8) is 0 Å². The van der Waals surface area contributed by atoms with Gasteiger partial charge in [0.15, 0.2) is 0 Å². The van der Waals surface area contributed by atoms with E-state index in [2.05, 4.69) is 21.4 Å². The average molecular weight is 350 g/mol. The summed E-state index contributed by atoms with van der Waals surface area (Å²) in [5.41, 5.74) is 0.801. The Bertz CT molecular complexity index is 603. The first-order valence-corrected chi connectivity index (χ1v) is 9.83. The molecule has 2 saturated heterocycles. The Labute approximate surface area is 147 Å². The molecule has 0 bridgehead atoms. The summed E-state index contributed by atoms with van der Waals surface area (Å²) in [5, 5.41) is 4.06. The van der Waals surface area contributed by atoms with Crippen LogP contribution in [0.4, 0.5) is 0 Å². The van der Waals surface area contributed by atoms with E-state index in [-0.39, 0.29) is 5.91 Å². The molecule has 0 spiro atoms. The first-order chi connectivity index (χ1) is 11.7. The fourth-order valence-corrected chi connectivity index (χ4v) is 4.62. The molecule has 2 amide bonds. The number of likely N-dealkylation sites (tertiary alicyclic amines) is 2. The van der Waals surface area contributed by atoms with Crippen LogP contribution in [0.15, 0.2) is 0 Å². The van der Waals surface area contributed by atoms with E-state index in [9.17, 15) is 9.59 Å². The number of hydrogen-bond donors (Lipinski definition) is 0. The molecule has 24 heavy (non-hydrogen) atoms. The minimum atomic E-state index is 0.0670. The lowest BCUT2D eigenvalue weighted by Gasteiger charge is -2.47. The third-order valence-electron chi connectivity index (χ3n) is 5.27. The third-order valence-corrected chi connectivity index (χ3v) is 6.02. The predicted octanol–water partition coefficient (Wildman–Crippen LogP) is 2.35. The minimum absolute atomic E-state index is 0.0670. The van der Waals surface area contributed by atoms with Gasteiger partial charge in [0.05, 0.1) is 5.69 Å². The van der Waals surface area contributed by atoms with Gasteiger partial charge in [-0.05, 0) is 43.1 Å². The fourth-order valence-electron chi connectivity index (χ4n) is 3.90. The zero-order valence-corrected chi connectivity index (χ0v) is 15.3. The Morgan fingerprint density at radius 1 is 1.33 bits per heavy atom. The van der Waals surface area contributed by atoms with Gasteiger partial charge in [0, 0.05) is 32.1 Å². The van der Waals surface area contributed by atoms with Crippen LogP contribution in [0.3, 0.4) is 0 Å². The number of piperidine rings is 2. The van der Waals surface area contributed by atoms with E-state index in [1.165, 1.54) is 11.5 Å². The molecule has 0 saturated carbocycles. The molecule has 2 aliphatic rings. The maximum Gasteiger partial charge on any atom is 0.267 e. The monoisotopic (exact) mass is 350 g/mol. The molecule has 0 aliphatic carbocycles. The van der Waals surface area contributed by atoms with Gasteiger partial charge < -0.3 is 9.80 Å². The van der Waals surface area contributed by atoms with E-state index in [4.69, 9.17) is 0 Å². The van der Waals surface area contributed by atoms with Crippen LogP contribution in [0.2, 0.25) is 0 Å². The second-order valence-electron chi connectivity index (χ2n) is 6.75. The summed E-state index contributed by atoms with van der Waals surface area (Å²) >= 11 is 1.20. The van der Waals surface area contributed by atoms with Crippen molar-refractivity contribution in [1.29, 1.82) is 0 Å². The van der Waals surface area contributed by atoms with Gasteiger partial charge in [0.2, 0.25) is 5.91 Å². The molecule has 0 radical (unpaired) electrons. The number of fused-ring (bicyclic) bond motifs is 1. The largest absolute Gasteiger partial charge is 0.339 e. The molecule has 2 atom stereocenters. The van der Waals surface area contributed by atoms with Crippen molar-refractivity contribution in [2.45, 2.75) is 58.4 Å². The highest BCUT2D eigenvalue weighted by atomic mass is 32.1. The highest BCUT2D eigenvalue weighted by Gasteiger charge is 2.40. The summed E-state index contributed by atoms with van der Waals surface area (Å²) in [6, 6.07) is 0.312. The van der Waals surface area contributed by atoms with Crippen LogP contribution >= 0.6 is 11.5 Å². The van der Waals surface area contributed by atoms with E-state index in [1.54, 1.807) is 0 Å². The van der Waals surface area contributed by atoms with Gasteiger partial charge in [-0.25, -0.2) is 0 Å². The molecule has 7 heteroatoms. The first-order valence-electron chi connectivity index (χ1n) is 9.05. The van der Waals surface area contributed by atoms with Gasteiger partial charge in [-0.2, -0.15) is 0 Å². The molecule has 3 rings (SSSR count). The number of aryl methyl sites for hydroxylation is 1. The number of carbonyl (C=O) groups is 2. The first kappa shape index (κ1) is 17.3. The van der Waals surface area contributed by atoms with Crippen LogP contribution in [0.5, 0.6) is 0 Å². The lowest BCUT2D eigenvalue weighted by Crippen LogP contribution is -2.57. The molecule has 2 aliphatic heterocycles. The van der Waals surface area contributed by atoms with Gasteiger partial charge >= 0.3 is 0 Å². The van der Waals surface area contributed by atoms with Crippen molar-refractivity contribution < 1.29 is 9.59 Å². The molecule has 6 nitrogen and oxygen atoms in total. The fraction of sp³-hybridized carbons (Fsp3) is 0.765. The maximum absolute atomic E-state index is 12.8. The summed E-state index contributed by atoms with van der Waals surface area (Å²) in [5.74, 6) is 0.768.